The van der Waals surface area contributed by atoms with Gasteiger partial charge in [-0.05, 0) is 49.1 Å². The highest BCUT2D eigenvalue weighted by molar-refractivity contribution is 5.91. The van der Waals surface area contributed by atoms with E-state index in [9.17, 15) is 9.18 Å². The van der Waals surface area contributed by atoms with Crippen LogP contribution in [-0.2, 0) is 11.2 Å². The molecule has 0 bridgehead atoms. The maximum Gasteiger partial charge on any atom is 0.246 e. The molecule has 0 aliphatic carbocycles. The van der Waals surface area contributed by atoms with Gasteiger partial charge in [-0.2, -0.15) is 4.98 Å². The molecule has 7 heteroatoms. The van der Waals surface area contributed by atoms with Crippen LogP contribution in [0.5, 0.6) is 0 Å². The van der Waals surface area contributed by atoms with Crippen LogP contribution < -0.4 is 0 Å². The zero-order chi connectivity index (χ0) is 19.3. The lowest BCUT2D eigenvalue weighted by Crippen LogP contribution is -2.39. The molecule has 1 aliphatic rings. The number of hydrogen-bond acceptors (Lipinski definition) is 5. The Morgan fingerprint density at radius 3 is 3.00 bits per heavy atom. The standard InChI is InChI=1S/C21H20FN3O3/c22-18-8-2-1-7-17(18)21-23-19(28-24-21)13-15-5-3-11-25(14-15)20(26)10-9-16-6-4-12-27-16/h1-2,4,6-10,12,15H,3,5,11,13-14H2. The van der Waals surface area contributed by atoms with Crippen molar-refractivity contribution in [1.82, 2.24) is 15.0 Å². The number of carbonyl (C=O) groups is 1. The normalized spacial score (nSPS) is 17.3. The van der Waals surface area contributed by atoms with E-state index in [0.717, 1.165) is 19.4 Å². The molecule has 1 atom stereocenters. The van der Waals surface area contributed by atoms with Gasteiger partial charge in [-0.25, -0.2) is 4.39 Å². The number of benzene rings is 1. The van der Waals surface area contributed by atoms with E-state index in [4.69, 9.17) is 8.94 Å². The number of likely N-dealkylation sites (tertiary alicyclic amines) is 1. The minimum atomic E-state index is -0.382. The van der Waals surface area contributed by atoms with E-state index < -0.39 is 0 Å². The van der Waals surface area contributed by atoms with Gasteiger partial charge in [0.05, 0.1) is 11.8 Å². The maximum absolute atomic E-state index is 13.9. The summed E-state index contributed by atoms with van der Waals surface area (Å²) in [6.45, 7) is 1.35. The fraction of sp³-hybridized carbons (Fsp3) is 0.286. The van der Waals surface area contributed by atoms with Crippen LogP contribution in [0.3, 0.4) is 0 Å². The predicted octanol–water partition coefficient (Wildman–Crippen LogP) is 3.96. The van der Waals surface area contributed by atoms with Gasteiger partial charge in [0.2, 0.25) is 17.6 Å². The molecule has 1 fully saturated rings. The van der Waals surface area contributed by atoms with Crippen LogP contribution in [-0.4, -0.2) is 34.0 Å². The Morgan fingerprint density at radius 1 is 1.29 bits per heavy atom. The van der Waals surface area contributed by atoms with Crippen molar-refractivity contribution in [2.75, 3.05) is 13.1 Å². The average Bonchev–Trinajstić information content (AvgIpc) is 3.39. The Kier molecular flexibility index (Phi) is 5.32. The van der Waals surface area contributed by atoms with Crippen LogP contribution in [0.2, 0.25) is 0 Å². The molecular weight excluding hydrogens is 361 g/mol. The predicted molar refractivity (Wildman–Crippen MR) is 100 cm³/mol. The zero-order valence-electron chi connectivity index (χ0n) is 15.3. The number of piperidine rings is 1. The molecule has 4 rings (SSSR count). The first kappa shape index (κ1) is 18.2. The van der Waals surface area contributed by atoms with Crippen molar-refractivity contribution in [2.24, 2.45) is 5.92 Å². The van der Waals surface area contributed by atoms with Gasteiger partial charge in [-0.15, -0.1) is 0 Å². The Hall–Kier alpha value is -3.22. The molecule has 0 spiro atoms. The lowest BCUT2D eigenvalue weighted by atomic mass is 9.94. The summed E-state index contributed by atoms with van der Waals surface area (Å²) in [5.41, 5.74) is 0.320. The zero-order valence-corrected chi connectivity index (χ0v) is 15.3. The van der Waals surface area contributed by atoms with Gasteiger partial charge in [0.15, 0.2) is 0 Å². The lowest BCUT2D eigenvalue weighted by molar-refractivity contribution is -0.127. The van der Waals surface area contributed by atoms with Crippen molar-refractivity contribution in [3.8, 4) is 11.4 Å². The Balaban J connectivity index is 1.38. The summed E-state index contributed by atoms with van der Waals surface area (Å²) in [4.78, 5) is 18.6. The van der Waals surface area contributed by atoms with Crippen LogP contribution in [0.25, 0.3) is 17.5 Å². The molecule has 6 nitrogen and oxygen atoms in total. The van der Waals surface area contributed by atoms with Gasteiger partial charge in [0, 0.05) is 25.6 Å². The van der Waals surface area contributed by atoms with Gasteiger partial charge >= 0.3 is 0 Å². The van der Waals surface area contributed by atoms with E-state index in [-0.39, 0.29) is 23.5 Å². The molecule has 1 amide bonds. The number of amides is 1. The molecule has 0 saturated carbocycles. The summed E-state index contributed by atoms with van der Waals surface area (Å²) in [5.74, 6) is 1.16. The molecular formula is C21H20FN3O3. The first-order chi connectivity index (χ1) is 13.7. The fourth-order valence-corrected chi connectivity index (χ4v) is 3.41. The van der Waals surface area contributed by atoms with Gasteiger partial charge in [0.1, 0.15) is 11.6 Å². The third kappa shape index (κ3) is 4.19. The fourth-order valence-electron chi connectivity index (χ4n) is 3.41. The summed E-state index contributed by atoms with van der Waals surface area (Å²) in [6, 6.07) is 9.91. The number of hydrogen-bond donors (Lipinski definition) is 0. The molecule has 1 saturated heterocycles. The van der Waals surface area contributed by atoms with Gasteiger partial charge in [0.25, 0.3) is 0 Å². The molecule has 1 aliphatic heterocycles. The van der Waals surface area contributed by atoms with Crippen molar-refractivity contribution in [1.29, 1.82) is 0 Å². The molecule has 144 valence electrons. The molecule has 1 aromatic carbocycles. The second-order valence-electron chi connectivity index (χ2n) is 6.84. The average molecular weight is 381 g/mol. The molecule has 3 heterocycles. The Morgan fingerprint density at radius 2 is 2.18 bits per heavy atom. The van der Waals surface area contributed by atoms with E-state index in [2.05, 4.69) is 10.1 Å². The molecule has 2 aromatic heterocycles. The summed E-state index contributed by atoms with van der Waals surface area (Å²) in [5, 5.41) is 3.90. The minimum Gasteiger partial charge on any atom is -0.465 e. The highest BCUT2D eigenvalue weighted by atomic mass is 19.1. The van der Waals surface area contributed by atoms with E-state index >= 15 is 0 Å². The first-order valence-electron chi connectivity index (χ1n) is 9.27. The topological polar surface area (TPSA) is 72.4 Å². The second kappa shape index (κ2) is 8.21. The number of carbonyl (C=O) groups excluding carboxylic acids is 1. The van der Waals surface area contributed by atoms with Crippen LogP contribution in [0.4, 0.5) is 4.39 Å². The second-order valence-corrected chi connectivity index (χ2v) is 6.84. The number of nitrogens with zero attached hydrogens (tertiary/aromatic N) is 3. The summed E-state index contributed by atoms with van der Waals surface area (Å²) >= 11 is 0. The van der Waals surface area contributed by atoms with E-state index in [1.807, 2.05) is 4.90 Å². The van der Waals surface area contributed by atoms with Gasteiger partial charge < -0.3 is 13.8 Å². The van der Waals surface area contributed by atoms with Crippen molar-refractivity contribution < 1.29 is 18.1 Å². The molecule has 1 unspecified atom stereocenters. The summed E-state index contributed by atoms with van der Waals surface area (Å²) < 4.78 is 24.4. The quantitative estimate of drug-likeness (QED) is 0.626. The van der Waals surface area contributed by atoms with Crippen LogP contribution in [0, 0.1) is 11.7 Å². The van der Waals surface area contributed by atoms with E-state index in [1.54, 1.807) is 42.7 Å². The maximum atomic E-state index is 13.9. The van der Waals surface area contributed by atoms with Gasteiger partial charge in [-0.1, -0.05) is 17.3 Å². The minimum absolute atomic E-state index is 0.0429. The smallest absolute Gasteiger partial charge is 0.246 e. The molecule has 0 N–H and O–H groups in total. The van der Waals surface area contributed by atoms with Crippen molar-refractivity contribution >= 4 is 12.0 Å². The molecule has 3 aromatic rings. The van der Waals surface area contributed by atoms with Crippen molar-refractivity contribution in [3.05, 3.63) is 66.2 Å². The van der Waals surface area contributed by atoms with E-state index in [0.29, 0.717) is 30.2 Å². The monoisotopic (exact) mass is 381 g/mol. The highest BCUT2D eigenvalue weighted by Gasteiger charge is 2.25. The van der Waals surface area contributed by atoms with Crippen LogP contribution in [0.1, 0.15) is 24.5 Å². The SMILES string of the molecule is O=C(C=Cc1ccco1)N1CCCC(Cc2nc(-c3ccccc3F)no2)C1. The summed E-state index contributed by atoms with van der Waals surface area (Å²) in [6.07, 6.45) is 7.23. The number of furan rings is 1. The molecule has 0 radical (unpaired) electrons. The Labute approximate surface area is 161 Å². The molecule has 28 heavy (non-hydrogen) atoms. The van der Waals surface area contributed by atoms with Crippen LogP contribution in [0.15, 0.2) is 57.7 Å². The van der Waals surface area contributed by atoms with Crippen molar-refractivity contribution in [2.45, 2.75) is 19.3 Å². The number of halogens is 1. The van der Waals surface area contributed by atoms with Crippen LogP contribution >= 0.6 is 0 Å². The van der Waals surface area contributed by atoms with Crippen molar-refractivity contribution in [3.63, 3.8) is 0 Å². The van der Waals surface area contributed by atoms with Gasteiger partial charge in [-0.3, -0.25) is 4.79 Å². The number of aromatic nitrogens is 2. The summed E-state index contributed by atoms with van der Waals surface area (Å²) in [7, 11) is 0. The van der Waals surface area contributed by atoms with E-state index in [1.165, 1.54) is 12.1 Å². The third-order valence-corrected chi connectivity index (χ3v) is 4.81. The first-order valence-corrected chi connectivity index (χ1v) is 9.27. The highest BCUT2D eigenvalue weighted by Crippen LogP contribution is 2.23. The number of rotatable bonds is 5. The third-order valence-electron chi connectivity index (χ3n) is 4.81. The lowest BCUT2D eigenvalue weighted by Gasteiger charge is -2.31. The Bertz CT molecular complexity index is 965. The largest absolute Gasteiger partial charge is 0.465 e.